The number of hydrogen-bond donors (Lipinski definition) is 0. The van der Waals surface area contributed by atoms with Gasteiger partial charge in [0.15, 0.2) is 0 Å². The Labute approximate surface area is 56.6 Å². The summed E-state index contributed by atoms with van der Waals surface area (Å²) in [6.45, 7) is 0. The Morgan fingerprint density at radius 2 is 2.00 bits per heavy atom. The molecule has 0 nitrogen and oxygen atoms in total. The second-order valence-electron chi connectivity index (χ2n) is 4.36. The van der Waals surface area contributed by atoms with Gasteiger partial charge < -0.3 is 0 Å². The van der Waals surface area contributed by atoms with Crippen LogP contribution < -0.4 is 0 Å². The van der Waals surface area contributed by atoms with Gasteiger partial charge in [-0.25, -0.2) is 0 Å². The summed E-state index contributed by atoms with van der Waals surface area (Å²) in [5, 5.41) is 0. The van der Waals surface area contributed by atoms with Crippen molar-refractivity contribution in [1.29, 1.82) is 0 Å². The van der Waals surface area contributed by atoms with E-state index in [1.807, 2.05) is 0 Å². The molecular formula is C9H14. The molecule has 0 aromatic carbocycles. The normalized spacial score (nSPS) is 50.7. The van der Waals surface area contributed by atoms with E-state index in [1.54, 1.807) is 38.5 Å². The predicted octanol–water partition coefficient (Wildman–Crippen LogP) is 2.59. The van der Waals surface area contributed by atoms with Gasteiger partial charge in [-0.15, -0.1) is 0 Å². The highest BCUT2D eigenvalue weighted by atomic mass is 14.6. The lowest BCUT2D eigenvalue weighted by Gasteiger charge is -2.40. The summed E-state index contributed by atoms with van der Waals surface area (Å²) in [5.41, 5.74) is 0.949. The van der Waals surface area contributed by atoms with Gasteiger partial charge in [-0.2, -0.15) is 0 Å². The molecule has 0 aliphatic heterocycles. The van der Waals surface area contributed by atoms with Crippen LogP contribution in [-0.4, -0.2) is 0 Å². The Balaban J connectivity index is 1.90. The molecule has 2 unspecified atom stereocenters. The fraction of sp³-hybridized carbons (Fsp3) is 1.00. The zero-order chi connectivity index (χ0) is 5.90. The van der Waals surface area contributed by atoms with Crippen LogP contribution in [0, 0.1) is 17.3 Å². The van der Waals surface area contributed by atoms with Gasteiger partial charge in [0, 0.05) is 0 Å². The lowest BCUT2D eigenvalue weighted by atomic mass is 9.65. The second kappa shape index (κ2) is 1.21. The summed E-state index contributed by atoms with van der Waals surface area (Å²) in [4.78, 5) is 0. The van der Waals surface area contributed by atoms with Crippen LogP contribution in [0.15, 0.2) is 0 Å². The minimum Gasteiger partial charge on any atom is -0.0522 e. The van der Waals surface area contributed by atoms with E-state index >= 15 is 0 Å². The van der Waals surface area contributed by atoms with Crippen LogP contribution in [0.25, 0.3) is 0 Å². The molecule has 9 heavy (non-hydrogen) atoms. The quantitative estimate of drug-likeness (QED) is 0.463. The smallest absolute Gasteiger partial charge is 0.0266 e. The molecular weight excluding hydrogens is 108 g/mol. The molecule has 50 valence electrons. The van der Waals surface area contributed by atoms with Gasteiger partial charge >= 0.3 is 0 Å². The van der Waals surface area contributed by atoms with E-state index in [0.29, 0.717) is 0 Å². The molecule has 0 heteroatoms. The Hall–Kier alpha value is 0. The van der Waals surface area contributed by atoms with Crippen LogP contribution in [0.1, 0.15) is 38.5 Å². The van der Waals surface area contributed by atoms with Crippen molar-refractivity contribution >= 4 is 0 Å². The lowest BCUT2D eigenvalue weighted by molar-refractivity contribution is 0.111. The summed E-state index contributed by atoms with van der Waals surface area (Å²) in [6, 6.07) is 0. The van der Waals surface area contributed by atoms with Crippen LogP contribution in [-0.2, 0) is 0 Å². The summed E-state index contributed by atoms with van der Waals surface area (Å²) in [6.07, 6.45) is 9.53. The van der Waals surface area contributed by atoms with Crippen molar-refractivity contribution in [3.63, 3.8) is 0 Å². The Morgan fingerprint density at radius 3 is 2.22 bits per heavy atom. The van der Waals surface area contributed by atoms with E-state index in [4.69, 9.17) is 0 Å². The van der Waals surface area contributed by atoms with E-state index in [1.165, 1.54) is 11.8 Å². The van der Waals surface area contributed by atoms with Crippen molar-refractivity contribution in [1.82, 2.24) is 0 Å². The van der Waals surface area contributed by atoms with Crippen LogP contribution in [0.5, 0.6) is 0 Å². The van der Waals surface area contributed by atoms with Gasteiger partial charge in [-0.3, -0.25) is 0 Å². The van der Waals surface area contributed by atoms with E-state index in [0.717, 1.165) is 5.41 Å². The third-order valence-electron chi connectivity index (χ3n) is 4.07. The monoisotopic (exact) mass is 122 g/mol. The maximum absolute atomic E-state index is 1.61. The Kier molecular flexibility index (Phi) is 0.640. The number of hydrogen-bond acceptors (Lipinski definition) is 0. The minimum absolute atomic E-state index is 0.949. The van der Waals surface area contributed by atoms with Gasteiger partial charge in [0.1, 0.15) is 0 Å². The van der Waals surface area contributed by atoms with Gasteiger partial charge in [0.2, 0.25) is 0 Å². The fourth-order valence-corrected chi connectivity index (χ4v) is 3.23. The molecule has 3 fully saturated rings. The van der Waals surface area contributed by atoms with Crippen molar-refractivity contribution in [3.05, 3.63) is 0 Å². The molecule has 0 N–H and O–H groups in total. The van der Waals surface area contributed by atoms with Gasteiger partial charge in [0.05, 0.1) is 0 Å². The second-order valence-corrected chi connectivity index (χ2v) is 4.36. The molecule has 0 saturated heterocycles. The first-order valence-corrected chi connectivity index (χ1v) is 4.41. The molecule has 3 aliphatic rings. The first kappa shape index (κ1) is 4.76. The lowest BCUT2D eigenvalue weighted by Crippen LogP contribution is -2.28. The van der Waals surface area contributed by atoms with Gasteiger partial charge in [-0.1, -0.05) is 6.42 Å². The van der Waals surface area contributed by atoms with Crippen LogP contribution in [0.2, 0.25) is 0 Å². The molecule has 3 aliphatic carbocycles. The van der Waals surface area contributed by atoms with Gasteiger partial charge in [-0.05, 0) is 49.4 Å². The Bertz CT molecular complexity index is 144. The topological polar surface area (TPSA) is 0 Å². The van der Waals surface area contributed by atoms with Crippen molar-refractivity contribution in [2.45, 2.75) is 38.5 Å². The zero-order valence-electron chi connectivity index (χ0n) is 5.90. The van der Waals surface area contributed by atoms with Crippen LogP contribution in [0.4, 0.5) is 0 Å². The first-order chi connectivity index (χ1) is 4.41. The molecule has 0 radical (unpaired) electrons. The summed E-state index contributed by atoms with van der Waals surface area (Å²) in [7, 11) is 0. The van der Waals surface area contributed by atoms with E-state index < -0.39 is 0 Å². The van der Waals surface area contributed by atoms with E-state index in [-0.39, 0.29) is 0 Å². The fourth-order valence-electron chi connectivity index (χ4n) is 3.23. The molecule has 0 bridgehead atoms. The maximum atomic E-state index is 1.61. The average Bonchev–Trinajstić information content (AvgIpc) is 2.42. The van der Waals surface area contributed by atoms with Gasteiger partial charge in [0.25, 0.3) is 0 Å². The third-order valence-corrected chi connectivity index (χ3v) is 4.07. The molecule has 0 heterocycles. The number of fused-ring (bicyclic) bond motifs is 2. The zero-order valence-corrected chi connectivity index (χ0v) is 5.90. The first-order valence-electron chi connectivity index (χ1n) is 4.41. The van der Waals surface area contributed by atoms with Crippen LogP contribution >= 0.6 is 0 Å². The van der Waals surface area contributed by atoms with Crippen molar-refractivity contribution in [2.75, 3.05) is 0 Å². The summed E-state index contributed by atoms with van der Waals surface area (Å²) < 4.78 is 0. The highest BCUT2D eigenvalue weighted by molar-refractivity contribution is 5.09. The van der Waals surface area contributed by atoms with Crippen LogP contribution in [0.3, 0.4) is 0 Å². The minimum atomic E-state index is 0.949. The molecule has 0 aromatic heterocycles. The SMILES string of the molecule is C1CC2(C1)CCC1CC12. The van der Waals surface area contributed by atoms with Crippen molar-refractivity contribution in [2.24, 2.45) is 17.3 Å². The summed E-state index contributed by atoms with van der Waals surface area (Å²) >= 11 is 0. The third kappa shape index (κ3) is 0.426. The van der Waals surface area contributed by atoms with Crippen molar-refractivity contribution < 1.29 is 0 Å². The van der Waals surface area contributed by atoms with E-state index in [2.05, 4.69) is 0 Å². The predicted molar refractivity (Wildman–Crippen MR) is 37.1 cm³/mol. The van der Waals surface area contributed by atoms with Crippen molar-refractivity contribution in [3.8, 4) is 0 Å². The molecule has 3 saturated carbocycles. The largest absolute Gasteiger partial charge is 0.0522 e. The standard InChI is InChI=1S/C9H14/c1-3-9(4-1)5-2-7-6-8(7)9/h7-8H,1-6H2. The Morgan fingerprint density at radius 1 is 1.11 bits per heavy atom. The highest BCUT2D eigenvalue weighted by Gasteiger charge is 2.59. The molecule has 3 rings (SSSR count). The maximum Gasteiger partial charge on any atom is -0.0266 e. The molecule has 0 aromatic rings. The molecule has 1 spiro atoms. The van der Waals surface area contributed by atoms with E-state index in [9.17, 15) is 0 Å². The average molecular weight is 122 g/mol. The highest BCUT2D eigenvalue weighted by Crippen LogP contribution is 2.69. The molecule has 2 atom stereocenters. The molecule has 0 amide bonds. The summed E-state index contributed by atoms with van der Waals surface area (Å²) in [5.74, 6) is 2.44. The number of rotatable bonds is 0.